The summed E-state index contributed by atoms with van der Waals surface area (Å²) in [6.45, 7) is 18.1. The molecule has 0 bridgehead atoms. The number of benzene rings is 1. The zero-order valence-corrected chi connectivity index (χ0v) is 59.1. The number of carbonyl (C=O) groups is 11. The third kappa shape index (κ3) is 53.5. The van der Waals surface area contributed by atoms with Crippen LogP contribution in [-0.4, -0.2) is 272 Å². The Morgan fingerprint density at radius 3 is 0.770 bits per heavy atom. The molecule has 0 spiro atoms. The van der Waals surface area contributed by atoms with Crippen molar-refractivity contribution >= 4 is 75.9 Å². The molecule has 11 amide bonds. The van der Waals surface area contributed by atoms with Gasteiger partial charge in [0.15, 0.2) is 0 Å². The molecular weight excluding hydrogens is 1290 g/mol. The van der Waals surface area contributed by atoms with E-state index in [-0.39, 0.29) is 111 Å². The van der Waals surface area contributed by atoms with Gasteiger partial charge in [0.1, 0.15) is 0 Å². The minimum Gasteiger partial charge on any atom is -0.361 e. The van der Waals surface area contributed by atoms with E-state index in [2.05, 4.69) is 111 Å². The molecule has 568 valence electrons. The first-order valence-electron chi connectivity index (χ1n) is 36.0. The van der Waals surface area contributed by atoms with Crippen molar-refractivity contribution in [2.45, 2.75) is 109 Å². The van der Waals surface area contributed by atoms with Crippen molar-refractivity contribution in [1.82, 2.24) is 111 Å². The van der Waals surface area contributed by atoms with Crippen LogP contribution in [0.1, 0.15) is 102 Å². The van der Waals surface area contributed by atoms with Crippen molar-refractivity contribution in [3.63, 3.8) is 0 Å². The number of para-hydroxylation sites is 1. The molecule has 0 aliphatic heterocycles. The average Bonchev–Trinajstić information content (AvgIpc) is 1.68. The number of aromatic amines is 1. The molecule has 1 atom stereocenters. The Balaban J connectivity index is 1.23. The molecule has 1 aromatic carbocycles. The molecule has 2 rings (SSSR count). The Kier molecular flexibility index (Phi) is 55.6. The number of nitrogens with two attached hydrogens (primary N) is 2. The Morgan fingerprint density at radius 2 is 0.520 bits per heavy atom. The van der Waals surface area contributed by atoms with Gasteiger partial charge in [-0.15, -0.1) is 0 Å². The van der Waals surface area contributed by atoms with Crippen LogP contribution in [0.15, 0.2) is 30.5 Å². The molecule has 25 N–H and O–H groups in total. The number of amides is 11. The van der Waals surface area contributed by atoms with Crippen LogP contribution >= 0.6 is 0 Å². The summed E-state index contributed by atoms with van der Waals surface area (Å²) in [5, 5.41) is 61.2. The highest BCUT2D eigenvalue weighted by Crippen LogP contribution is 2.19. The molecule has 1 aromatic heterocycles. The third-order valence-electron chi connectivity index (χ3n) is 15.1. The molecule has 1 heterocycles. The van der Waals surface area contributed by atoms with Crippen LogP contribution in [0.3, 0.4) is 0 Å². The quantitative estimate of drug-likeness (QED) is 0.0274. The fourth-order valence-electron chi connectivity index (χ4n) is 9.61. The summed E-state index contributed by atoms with van der Waals surface area (Å²) in [5.74, 6) is -2.03. The minimum absolute atomic E-state index is 0.0280. The Bertz CT molecular complexity index is 2590. The number of hydrogen-bond donors (Lipinski definition) is 23. The second-order valence-electron chi connectivity index (χ2n) is 23.8. The number of hydrogen-bond acceptors (Lipinski definition) is 23. The van der Waals surface area contributed by atoms with E-state index in [1.807, 2.05) is 30.5 Å². The minimum atomic E-state index is -0.886. The van der Waals surface area contributed by atoms with Crippen LogP contribution in [0.2, 0.25) is 0 Å². The number of carbonyl (C=O) groups excluding carboxylic acids is 11. The Morgan fingerprint density at radius 1 is 0.300 bits per heavy atom. The van der Waals surface area contributed by atoms with Crippen LogP contribution in [0.25, 0.3) is 10.9 Å². The maximum atomic E-state index is 12.5. The van der Waals surface area contributed by atoms with E-state index < -0.39 is 17.9 Å². The van der Waals surface area contributed by atoms with Gasteiger partial charge in [-0.1, -0.05) is 18.2 Å². The van der Waals surface area contributed by atoms with Gasteiger partial charge in [0.05, 0.1) is 6.04 Å². The summed E-state index contributed by atoms with van der Waals surface area (Å²) in [5.41, 5.74) is 13.3. The van der Waals surface area contributed by atoms with E-state index in [0.717, 1.165) is 36.1 Å². The first-order valence-corrected chi connectivity index (χ1v) is 36.0. The summed E-state index contributed by atoms with van der Waals surface area (Å²) in [4.78, 5) is 137. The highest BCUT2D eigenvalue weighted by atomic mass is 16.2. The Labute approximate surface area is 590 Å². The van der Waals surface area contributed by atoms with Gasteiger partial charge in [0.2, 0.25) is 65.0 Å². The fourth-order valence-corrected chi connectivity index (χ4v) is 9.61. The molecule has 0 saturated heterocycles. The van der Waals surface area contributed by atoms with Gasteiger partial charge in [-0.2, -0.15) is 0 Å². The fraction of sp³-hybridized carbons (Fsp3) is 0.712. The first-order chi connectivity index (χ1) is 48.7. The van der Waals surface area contributed by atoms with Gasteiger partial charge in [0.25, 0.3) is 0 Å². The lowest BCUT2D eigenvalue weighted by Crippen LogP contribution is -2.44. The summed E-state index contributed by atoms with van der Waals surface area (Å²) < 4.78 is 0. The molecule has 0 saturated carbocycles. The zero-order chi connectivity index (χ0) is 72.6. The maximum absolute atomic E-state index is 12.5. The van der Waals surface area contributed by atoms with E-state index in [9.17, 15) is 52.7 Å². The van der Waals surface area contributed by atoms with Crippen LogP contribution in [0, 0.1) is 0 Å². The van der Waals surface area contributed by atoms with E-state index in [4.69, 9.17) is 11.5 Å². The van der Waals surface area contributed by atoms with Crippen molar-refractivity contribution in [3.05, 3.63) is 36.0 Å². The standard InChI is InChI=1S/C66H123N23O11/c67-20-21-69-22-23-70-32-41-79-56(90)10-3-11-57(91)80-42-33-71-24-25-72-34-43-81-58(92)12-4-13-59(93)82-44-35-73-26-27-74-36-45-83-60(94)14-5-15-61(95)84-46-37-75-28-29-76-38-47-85-62(96)16-6-17-63(97)86-48-39-77-30-31-78-40-49-87-64(98)18-7-19-65(99)89-66(100)54(68)50-52-51-88-55-9-2-1-8-53(52)55/h1-2,8-9,51,54,69-78,88H,3-7,10-50,67-68H2,(H,79,90)(H,80,91)(H,81,92)(H,82,93)(H,83,94)(H,84,95)(H,85,96)(H,86,97)(H,87,98)(H,89,99,100)/t54-/m0/s1. The van der Waals surface area contributed by atoms with Gasteiger partial charge < -0.3 is 117 Å². The molecule has 0 unspecified atom stereocenters. The molecular formula is C66H123N23O11. The van der Waals surface area contributed by atoms with Crippen LogP contribution in [0.5, 0.6) is 0 Å². The molecule has 2 aromatic rings. The lowest BCUT2D eigenvalue weighted by molar-refractivity contribution is -0.132. The number of imide groups is 1. The summed E-state index contributed by atoms with van der Waals surface area (Å²) >= 11 is 0. The summed E-state index contributed by atoms with van der Waals surface area (Å²) in [7, 11) is 0. The van der Waals surface area contributed by atoms with Crippen LogP contribution < -0.4 is 118 Å². The molecule has 0 radical (unpaired) electrons. The molecule has 0 aliphatic carbocycles. The van der Waals surface area contributed by atoms with Gasteiger partial charge in [-0.25, -0.2) is 0 Å². The third-order valence-corrected chi connectivity index (χ3v) is 15.1. The Hall–Kier alpha value is -7.35. The number of fused-ring (bicyclic) bond motifs is 1. The van der Waals surface area contributed by atoms with E-state index in [1.165, 1.54) is 0 Å². The molecule has 0 fully saturated rings. The van der Waals surface area contributed by atoms with Crippen molar-refractivity contribution < 1.29 is 52.7 Å². The topological polar surface area (TPSA) is 496 Å². The van der Waals surface area contributed by atoms with Crippen molar-refractivity contribution in [3.8, 4) is 0 Å². The van der Waals surface area contributed by atoms with Crippen molar-refractivity contribution in [1.29, 1.82) is 0 Å². The van der Waals surface area contributed by atoms with Gasteiger partial charge in [-0.05, 0) is 50.2 Å². The molecule has 100 heavy (non-hydrogen) atoms. The second kappa shape index (κ2) is 62.6. The SMILES string of the molecule is NCCNCCNCCNC(=O)CCCC(=O)NCCNCCNCCNC(=O)CCCC(=O)NCCNCCNCCNC(=O)CCCC(=O)NCCNCCNCCNC(=O)CCCC(=O)NCCNCCNCCNC(=O)CCCC(=O)NC(=O)[C@@H](N)Cc1c[nH]c2ccccc12. The van der Waals surface area contributed by atoms with Gasteiger partial charge in [0, 0.05) is 278 Å². The monoisotopic (exact) mass is 1410 g/mol. The zero-order valence-electron chi connectivity index (χ0n) is 59.1. The number of aromatic nitrogens is 1. The van der Waals surface area contributed by atoms with Crippen molar-refractivity contribution in [2.24, 2.45) is 11.5 Å². The maximum Gasteiger partial charge on any atom is 0.243 e. The summed E-state index contributed by atoms with van der Waals surface area (Å²) in [6.07, 6.45) is 6.55. The van der Waals surface area contributed by atoms with E-state index >= 15 is 0 Å². The predicted molar refractivity (Wildman–Crippen MR) is 387 cm³/mol. The lowest BCUT2D eigenvalue weighted by Gasteiger charge is -2.11. The van der Waals surface area contributed by atoms with Gasteiger partial charge in [-0.3, -0.25) is 58.1 Å². The predicted octanol–water partition coefficient (Wildman–Crippen LogP) is -6.57. The number of H-pyrrole nitrogens is 1. The lowest BCUT2D eigenvalue weighted by atomic mass is 10.0. The van der Waals surface area contributed by atoms with Gasteiger partial charge >= 0.3 is 0 Å². The van der Waals surface area contributed by atoms with Crippen molar-refractivity contribution in [2.75, 3.05) is 196 Å². The van der Waals surface area contributed by atoms with Crippen LogP contribution in [0.4, 0.5) is 0 Å². The van der Waals surface area contributed by atoms with E-state index in [1.54, 1.807) is 0 Å². The van der Waals surface area contributed by atoms with Crippen LogP contribution in [-0.2, 0) is 59.2 Å². The smallest absolute Gasteiger partial charge is 0.243 e. The number of nitrogens with one attached hydrogen (secondary N) is 21. The normalized spacial score (nSPS) is 11.3. The number of rotatable bonds is 67. The first kappa shape index (κ1) is 88.7. The summed E-state index contributed by atoms with van der Waals surface area (Å²) in [6, 6.07) is 6.81. The van der Waals surface area contributed by atoms with E-state index in [0.29, 0.717) is 222 Å². The second-order valence-corrected chi connectivity index (χ2v) is 23.8. The molecule has 34 nitrogen and oxygen atoms in total. The largest absolute Gasteiger partial charge is 0.361 e. The molecule has 34 heteroatoms. The highest BCUT2D eigenvalue weighted by Gasteiger charge is 2.19. The highest BCUT2D eigenvalue weighted by molar-refractivity contribution is 5.98. The average molecular weight is 1410 g/mol. The molecule has 0 aliphatic rings.